The van der Waals surface area contributed by atoms with Gasteiger partial charge in [0.2, 0.25) is 0 Å². The molecule has 1 heterocycles. The van der Waals surface area contributed by atoms with Crippen molar-refractivity contribution in [3.05, 3.63) is 23.1 Å². The first kappa shape index (κ1) is 14.0. The van der Waals surface area contributed by atoms with Crippen molar-refractivity contribution in [3.63, 3.8) is 0 Å². The van der Waals surface area contributed by atoms with E-state index < -0.39 is 0 Å². The molecule has 3 unspecified atom stereocenters. The van der Waals surface area contributed by atoms with Crippen LogP contribution in [-0.2, 0) is 0 Å². The molecule has 1 aromatic rings. The second-order valence-corrected chi connectivity index (χ2v) is 5.98. The highest BCUT2D eigenvalue weighted by molar-refractivity contribution is 6.28. The molecule has 1 aromatic heterocycles. The Morgan fingerprint density at radius 2 is 2.28 bits per heavy atom. The summed E-state index contributed by atoms with van der Waals surface area (Å²) in [5.74, 6) is 2.52. The fourth-order valence-electron chi connectivity index (χ4n) is 3.08. The average Bonchev–Trinajstić information content (AvgIpc) is 2.76. The minimum absolute atomic E-state index is 0.334. The molecule has 18 heavy (non-hydrogen) atoms. The number of halogens is 1. The van der Waals surface area contributed by atoms with E-state index in [-0.39, 0.29) is 0 Å². The van der Waals surface area contributed by atoms with Crippen molar-refractivity contribution in [1.82, 2.24) is 5.32 Å². The van der Waals surface area contributed by atoms with Crippen LogP contribution in [0.4, 0.5) is 0 Å². The molecule has 0 bridgehead atoms. The molecular formula is C15H24ClNO. The number of nitrogens with one attached hydrogen (secondary N) is 1. The average molecular weight is 270 g/mol. The fourth-order valence-corrected chi connectivity index (χ4v) is 3.23. The Morgan fingerprint density at radius 1 is 1.44 bits per heavy atom. The van der Waals surface area contributed by atoms with Gasteiger partial charge in [0.25, 0.3) is 0 Å². The molecule has 3 atom stereocenters. The summed E-state index contributed by atoms with van der Waals surface area (Å²) in [4.78, 5) is 0. The Morgan fingerprint density at radius 3 is 2.89 bits per heavy atom. The quantitative estimate of drug-likeness (QED) is 0.831. The molecule has 0 radical (unpaired) electrons. The van der Waals surface area contributed by atoms with Crippen molar-refractivity contribution in [2.24, 2.45) is 11.8 Å². The second-order valence-electron chi connectivity index (χ2n) is 5.61. The smallest absolute Gasteiger partial charge is 0.193 e. The standard InChI is InChI=1S/C15H24ClNO/c1-3-9-17-15(13-7-8-14(16)18-13)12-6-4-5-11(2)10-12/h7-8,11-12,15,17H,3-6,9-10H2,1-2H3. The Bertz CT molecular complexity index is 363. The van der Waals surface area contributed by atoms with E-state index in [0.29, 0.717) is 17.2 Å². The van der Waals surface area contributed by atoms with Crippen LogP contribution < -0.4 is 5.32 Å². The van der Waals surface area contributed by atoms with Gasteiger partial charge in [-0.25, -0.2) is 0 Å². The molecule has 1 aliphatic rings. The molecule has 0 saturated heterocycles. The van der Waals surface area contributed by atoms with E-state index >= 15 is 0 Å². The van der Waals surface area contributed by atoms with Crippen LogP contribution in [0.5, 0.6) is 0 Å². The van der Waals surface area contributed by atoms with Crippen LogP contribution >= 0.6 is 11.6 Å². The van der Waals surface area contributed by atoms with E-state index in [0.717, 1.165) is 24.6 Å². The second kappa shape index (κ2) is 6.63. The predicted octanol–water partition coefficient (Wildman–Crippen LogP) is 4.80. The van der Waals surface area contributed by atoms with Gasteiger partial charge in [-0.05, 0) is 61.4 Å². The minimum Gasteiger partial charge on any atom is -0.448 e. The van der Waals surface area contributed by atoms with E-state index in [9.17, 15) is 0 Å². The zero-order chi connectivity index (χ0) is 13.0. The van der Waals surface area contributed by atoms with E-state index in [1.807, 2.05) is 12.1 Å². The number of furan rings is 1. The lowest BCUT2D eigenvalue weighted by atomic mass is 9.78. The molecule has 2 nitrogen and oxygen atoms in total. The van der Waals surface area contributed by atoms with Crippen LogP contribution in [0, 0.1) is 11.8 Å². The minimum atomic E-state index is 0.334. The van der Waals surface area contributed by atoms with Gasteiger partial charge in [-0.2, -0.15) is 0 Å². The normalized spacial score (nSPS) is 26.2. The molecule has 0 amide bonds. The third-order valence-corrected chi connectivity index (χ3v) is 4.17. The fraction of sp³-hybridized carbons (Fsp3) is 0.733. The van der Waals surface area contributed by atoms with E-state index in [2.05, 4.69) is 19.2 Å². The molecule has 0 aromatic carbocycles. The van der Waals surface area contributed by atoms with Gasteiger partial charge in [-0.3, -0.25) is 0 Å². The van der Waals surface area contributed by atoms with Crippen LogP contribution in [0.15, 0.2) is 16.5 Å². The van der Waals surface area contributed by atoms with Gasteiger partial charge < -0.3 is 9.73 Å². The maximum atomic E-state index is 5.91. The van der Waals surface area contributed by atoms with Crippen molar-refractivity contribution in [3.8, 4) is 0 Å². The van der Waals surface area contributed by atoms with Crippen LogP contribution in [0.1, 0.15) is 57.8 Å². The van der Waals surface area contributed by atoms with Gasteiger partial charge in [0.15, 0.2) is 5.22 Å². The van der Waals surface area contributed by atoms with E-state index in [4.69, 9.17) is 16.0 Å². The lowest BCUT2D eigenvalue weighted by molar-refractivity contribution is 0.206. The van der Waals surface area contributed by atoms with Crippen molar-refractivity contribution in [1.29, 1.82) is 0 Å². The first-order valence-corrected chi connectivity index (χ1v) is 7.57. The summed E-state index contributed by atoms with van der Waals surface area (Å²) in [5.41, 5.74) is 0. The zero-order valence-corrected chi connectivity index (χ0v) is 12.2. The maximum absolute atomic E-state index is 5.91. The summed E-state index contributed by atoms with van der Waals surface area (Å²) < 4.78 is 5.63. The zero-order valence-electron chi connectivity index (χ0n) is 11.4. The molecule has 1 N–H and O–H groups in total. The van der Waals surface area contributed by atoms with Gasteiger partial charge in [0.05, 0.1) is 6.04 Å². The van der Waals surface area contributed by atoms with Gasteiger partial charge in [-0.1, -0.05) is 26.7 Å². The summed E-state index contributed by atoms with van der Waals surface area (Å²) in [7, 11) is 0. The maximum Gasteiger partial charge on any atom is 0.193 e. The molecule has 0 aliphatic heterocycles. The first-order valence-electron chi connectivity index (χ1n) is 7.19. The molecule has 1 saturated carbocycles. The number of hydrogen-bond donors (Lipinski definition) is 1. The van der Waals surface area contributed by atoms with Crippen molar-refractivity contribution >= 4 is 11.6 Å². The SMILES string of the molecule is CCCNC(c1ccc(Cl)o1)C1CCCC(C)C1. The molecule has 1 fully saturated rings. The van der Waals surface area contributed by atoms with Crippen LogP contribution in [0.25, 0.3) is 0 Å². The van der Waals surface area contributed by atoms with Gasteiger partial charge in [0.1, 0.15) is 5.76 Å². The summed E-state index contributed by atoms with van der Waals surface area (Å²) in [6.07, 6.45) is 6.44. The summed E-state index contributed by atoms with van der Waals surface area (Å²) >= 11 is 5.91. The highest BCUT2D eigenvalue weighted by Crippen LogP contribution is 2.38. The van der Waals surface area contributed by atoms with Gasteiger partial charge in [0, 0.05) is 0 Å². The third-order valence-electron chi connectivity index (χ3n) is 3.96. The molecular weight excluding hydrogens is 246 g/mol. The molecule has 3 heteroatoms. The summed E-state index contributed by atoms with van der Waals surface area (Å²) in [6, 6.07) is 4.21. The number of hydrogen-bond acceptors (Lipinski definition) is 2. The lowest BCUT2D eigenvalue weighted by Gasteiger charge is -2.32. The number of rotatable bonds is 5. The largest absolute Gasteiger partial charge is 0.448 e. The van der Waals surface area contributed by atoms with Gasteiger partial charge >= 0.3 is 0 Å². The van der Waals surface area contributed by atoms with E-state index in [1.165, 1.54) is 25.7 Å². The monoisotopic (exact) mass is 269 g/mol. The highest BCUT2D eigenvalue weighted by atomic mass is 35.5. The molecule has 1 aliphatic carbocycles. The highest BCUT2D eigenvalue weighted by Gasteiger charge is 2.29. The van der Waals surface area contributed by atoms with E-state index in [1.54, 1.807) is 0 Å². The molecule has 102 valence electrons. The predicted molar refractivity (Wildman–Crippen MR) is 75.9 cm³/mol. The summed E-state index contributed by atoms with van der Waals surface area (Å²) in [5, 5.41) is 4.13. The van der Waals surface area contributed by atoms with Crippen LogP contribution in [0.3, 0.4) is 0 Å². The third kappa shape index (κ3) is 3.52. The van der Waals surface area contributed by atoms with Crippen molar-refractivity contribution in [2.75, 3.05) is 6.54 Å². The Balaban J connectivity index is 2.08. The first-order chi connectivity index (χ1) is 8.70. The van der Waals surface area contributed by atoms with Crippen molar-refractivity contribution in [2.45, 2.75) is 52.0 Å². The van der Waals surface area contributed by atoms with Gasteiger partial charge in [-0.15, -0.1) is 0 Å². The lowest BCUT2D eigenvalue weighted by Crippen LogP contribution is -2.31. The Hall–Kier alpha value is -0.470. The van der Waals surface area contributed by atoms with Crippen LogP contribution in [0.2, 0.25) is 5.22 Å². The van der Waals surface area contributed by atoms with Crippen molar-refractivity contribution < 1.29 is 4.42 Å². The van der Waals surface area contributed by atoms with Crippen LogP contribution in [-0.4, -0.2) is 6.54 Å². The Labute approximate surface area is 115 Å². The topological polar surface area (TPSA) is 25.2 Å². The summed E-state index contributed by atoms with van der Waals surface area (Å²) in [6.45, 7) is 5.59. The molecule has 2 rings (SSSR count). The Kier molecular flexibility index (Phi) is 5.13. The molecule has 0 spiro atoms.